The Kier molecular flexibility index (Phi) is 1.50. The van der Waals surface area contributed by atoms with Gasteiger partial charge in [0.1, 0.15) is 0 Å². The van der Waals surface area contributed by atoms with Crippen LogP contribution in [0.4, 0.5) is 0 Å². The highest BCUT2D eigenvalue weighted by Gasteiger charge is 2.29. The third-order valence-electron chi connectivity index (χ3n) is 2.53. The maximum absolute atomic E-state index is 5.13. The van der Waals surface area contributed by atoms with E-state index in [1.54, 1.807) is 0 Å². The van der Waals surface area contributed by atoms with E-state index in [4.69, 9.17) is 4.42 Å². The Balaban J connectivity index is 2.35. The van der Waals surface area contributed by atoms with Crippen molar-refractivity contribution in [3.63, 3.8) is 0 Å². The predicted octanol–water partition coefficient (Wildman–Crippen LogP) is 1.73. The van der Waals surface area contributed by atoms with E-state index >= 15 is 0 Å². The Morgan fingerprint density at radius 3 is 3.09 bits per heavy atom. The fourth-order valence-electron chi connectivity index (χ4n) is 1.98. The summed E-state index contributed by atoms with van der Waals surface area (Å²) in [5, 5.41) is 3.30. The third-order valence-corrected chi connectivity index (χ3v) is 2.53. The van der Waals surface area contributed by atoms with Crippen LogP contribution in [0.5, 0.6) is 0 Å². The summed E-state index contributed by atoms with van der Waals surface area (Å²) in [6, 6.07) is 0.503. The van der Waals surface area contributed by atoms with Crippen LogP contribution in [-0.2, 0) is 6.42 Å². The zero-order valence-electron chi connectivity index (χ0n) is 6.92. The second-order valence-corrected chi connectivity index (χ2v) is 3.30. The van der Waals surface area contributed by atoms with Crippen molar-refractivity contribution < 1.29 is 4.42 Å². The second-order valence-electron chi connectivity index (χ2n) is 3.30. The summed E-state index contributed by atoms with van der Waals surface area (Å²) in [6.45, 7) is 2.27. The number of furan rings is 1. The Morgan fingerprint density at radius 1 is 1.55 bits per heavy atom. The molecule has 0 aliphatic heterocycles. The lowest BCUT2D eigenvalue weighted by Crippen LogP contribution is -2.19. The molecular formula is C9H13NO. The van der Waals surface area contributed by atoms with Crippen molar-refractivity contribution in [3.05, 3.63) is 23.7 Å². The van der Waals surface area contributed by atoms with Crippen LogP contribution in [-0.4, -0.2) is 7.05 Å². The van der Waals surface area contributed by atoms with Gasteiger partial charge in [0.05, 0.1) is 12.5 Å². The van der Waals surface area contributed by atoms with Crippen LogP contribution >= 0.6 is 0 Å². The largest absolute Gasteiger partial charge is 0.472 e. The van der Waals surface area contributed by atoms with Gasteiger partial charge in [-0.3, -0.25) is 0 Å². The Hall–Kier alpha value is -0.760. The van der Waals surface area contributed by atoms with Crippen LogP contribution in [0.25, 0.3) is 0 Å². The first-order valence-electron chi connectivity index (χ1n) is 4.05. The lowest BCUT2D eigenvalue weighted by molar-refractivity contribution is 0.431. The molecule has 0 saturated heterocycles. The van der Waals surface area contributed by atoms with Gasteiger partial charge >= 0.3 is 0 Å². The highest BCUT2D eigenvalue weighted by Crippen LogP contribution is 2.35. The predicted molar refractivity (Wildman–Crippen MR) is 43.4 cm³/mol. The summed E-state index contributed by atoms with van der Waals surface area (Å²) in [5.74, 6) is 0.710. The zero-order valence-corrected chi connectivity index (χ0v) is 6.92. The first-order valence-corrected chi connectivity index (χ1v) is 4.05. The Bertz CT molecular complexity index is 254. The van der Waals surface area contributed by atoms with Crippen molar-refractivity contribution >= 4 is 0 Å². The zero-order chi connectivity index (χ0) is 7.84. The van der Waals surface area contributed by atoms with E-state index in [1.807, 2.05) is 19.6 Å². The molecule has 2 heteroatoms. The highest BCUT2D eigenvalue weighted by molar-refractivity contribution is 5.31. The Labute approximate surface area is 66.6 Å². The van der Waals surface area contributed by atoms with Crippen molar-refractivity contribution in [3.8, 4) is 0 Å². The molecule has 0 aromatic carbocycles. The van der Waals surface area contributed by atoms with Crippen LogP contribution in [0.15, 0.2) is 16.9 Å². The molecule has 2 unspecified atom stereocenters. The average molecular weight is 151 g/mol. The maximum Gasteiger partial charge on any atom is 0.0953 e. The molecule has 60 valence electrons. The van der Waals surface area contributed by atoms with Crippen LogP contribution in [0.2, 0.25) is 0 Å². The first-order chi connectivity index (χ1) is 5.33. The molecule has 2 nitrogen and oxygen atoms in total. The van der Waals surface area contributed by atoms with Gasteiger partial charge in [0.15, 0.2) is 0 Å². The van der Waals surface area contributed by atoms with Crippen molar-refractivity contribution in [2.24, 2.45) is 5.92 Å². The van der Waals surface area contributed by atoms with Gasteiger partial charge in [-0.25, -0.2) is 0 Å². The minimum Gasteiger partial charge on any atom is -0.472 e. The molecule has 2 atom stereocenters. The van der Waals surface area contributed by atoms with Crippen molar-refractivity contribution in [1.82, 2.24) is 5.32 Å². The van der Waals surface area contributed by atoms with E-state index in [0.717, 1.165) is 6.42 Å². The summed E-state index contributed by atoms with van der Waals surface area (Å²) >= 11 is 0. The number of nitrogens with one attached hydrogen (secondary N) is 1. The number of fused-ring (bicyclic) bond motifs is 1. The van der Waals surface area contributed by atoms with Gasteiger partial charge in [0, 0.05) is 11.6 Å². The normalized spacial score (nSPS) is 28.9. The smallest absolute Gasteiger partial charge is 0.0953 e. The summed E-state index contributed by atoms with van der Waals surface area (Å²) in [5.41, 5.74) is 2.72. The van der Waals surface area contributed by atoms with E-state index < -0.39 is 0 Å². The molecule has 0 spiro atoms. The van der Waals surface area contributed by atoms with Gasteiger partial charge in [-0.15, -0.1) is 0 Å². The van der Waals surface area contributed by atoms with Crippen LogP contribution in [0, 0.1) is 5.92 Å². The van der Waals surface area contributed by atoms with E-state index in [2.05, 4.69) is 12.2 Å². The summed E-state index contributed by atoms with van der Waals surface area (Å²) < 4.78 is 5.13. The molecule has 1 aliphatic rings. The maximum atomic E-state index is 5.13. The molecule has 1 aliphatic carbocycles. The molecule has 0 radical (unpaired) electrons. The molecule has 1 aromatic heterocycles. The number of hydrogen-bond acceptors (Lipinski definition) is 2. The van der Waals surface area contributed by atoms with Gasteiger partial charge < -0.3 is 9.73 Å². The minimum atomic E-state index is 0.503. The van der Waals surface area contributed by atoms with Gasteiger partial charge in [-0.1, -0.05) is 6.92 Å². The average Bonchev–Trinajstić information content (AvgIpc) is 2.46. The SMILES string of the molecule is CNC1c2cocc2CC1C. The molecule has 11 heavy (non-hydrogen) atoms. The van der Waals surface area contributed by atoms with Crippen LogP contribution in [0.3, 0.4) is 0 Å². The van der Waals surface area contributed by atoms with Gasteiger partial charge in [-0.05, 0) is 24.9 Å². The second kappa shape index (κ2) is 2.38. The molecule has 2 rings (SSSR count). The van der Waals surface area contributed by atoms with Gasteiger partial charge in [0.2, 0.25) is 0 Å². The topological polar surface area (TPSA) is 25.2 Å². The highest BCUT2D eigenvalue weighted by atomic mass is 16.3. The molecule has 1 aromatic rings. The lowest BCUT2D eigenvalue weighted by atomic mass is 10.0. The monoisotopic (exact) mass is 151 g/mol. The van der Waals surface area contributed by atoms with Gasteiger partial charge in [0.25, 0.3) is 0 Å². The van der Waals surface area contributed by atoms with E-state index in [-0.39, 0.29) is 0 Å². The summed E-state index contributed by atoms with van der Waals surface area (Å²) in [4.78, 5) is 0. The van der Waals surface area contributed by atoms with E-state index in [9.17, 15) is 0 Å². The van der Waals surface area contributed by atoms with Crippen molar-refractivity contribution in [2.45, 2.75) is 19.4 Å². The van der Waals surface area contributed by atoms with E-state index in [0.29, 0.717) is 12.0 Å². The van der Waals surface area contributed by atoms with Crippen molar-refractivity contribution in [1.29, 1.82) is 0 Å². The fraction of sp³-hybridized carbons (Fsp3) is 0.556. The van der Waals surface area contributed by atoms with Gasteiger partial charge in [-0.2, -0.15) is 0 Å². The van der Waals surface area contributed by atoms with Crippen molar-refractivity contribution in [2.75, 3.05) is 7.05 Å². The Morgan fingerprint density at radius 2 is 2.36 bits per heavy atom. The molecule has 0 fully saturated rings. The molecule has 1 heterocycles. The summed E-state index contributed by atoms with van der Waals surface area (Å²) in [7, 11) is 2.00. The third kappa shape index (κ3) is 0.897. The van der Waals surface area contributed by atoms with E-state index in [1.165, 1.54) is 11.1 Å². The number of rotatable bonds is 1. The molecular weight excluding hydrogens is 138 g/mol. The quantitative estimate of drug-likeness (QED) is 0.661. The lowest BCUT2D eigenvalue weighted by Gasteiger charge is -2.13. The molecule has 0 bridgehead atoms. The number of hydrogen-bond donors (Lipinski definition) is 1. The standard InChI is InChI=1S/C9H13NO/c1-6-3-7-4-11-5-8(7)9(6)10-2/h4-6,9-10H,3H2,1-2H3. The van der Waals surface area contributed by atoms with Crippen LogP contribution in [0.1, 0.15) is 24.1 Å². The fourth-order valence-corrected chi connectivity index (χ4v) is 1.98. The molecule has 1 N–H and O–H groups in total. The summed E-state index contributed by atoms with van der Waals surface area (Å²) in [6.07, 6.45) is 4.88. The molecule has 0 saturated carbocycles. The first kappa shape index (κ1) is 6.92. The minimum absolute atomic E-state index is 0.503. The molecule has 0 amide bonds. The van der Waals surface area contributed by atoms with Crippen LogP contribution < -0.4 is 5.32 Å².